The summed E-state index contributed by atoms with van der Waals surface area (Å²) in [5, 5.41) is 13.4. The molecule has 0 aromatic heterocycles. The molecule has 0 aliphatic heterocycles. The molecule has 0 fully saturated rings. The third kappa shape index (κ3) is 6.11. The van der Waals surface area contributed by atoms with Gasteiger partial charge in [-0.05, 0) is 53.6 Å². The molecule has 0 bridgehead atoms. The van der Waals surface area contributed by atoms with Crippen molar-refractivity contribution in [3.63, 3.8) is 0 Å². The number of phenolic OH excluding ortho intramolecular Hbond substituents is 1. The molecule has 182 valence electrons. The molecule has 3 rings (SSSR count). The van der Waals surface area contributed by atoms with Gasteiger partial charge >= 0.3 is 0 Å². The molecule has 0 aliphatic carbocycles. The van der Waals surface area contributed by atoms with Gasteiger partial charge in [-0.3, -0.25) is 4.79 Å². The molecule has 0 saturated heterocycles. The number of rotatable bonds is 9. The lowest BCUT2D eigenvalue weighted by Crippen LogP contribution is -2.09. The van der Waals surface area contributed by atoms with Crippen LogP contribution in [0.25, 0.3) is 18.2 Å². The molecule has 0 atom stereocenters. The van der Waals surface area contributed by atoms with Crippen molar-refractivity contribution in [3.05, 3.63) is 77.1 Å². The second-order valence-corrected chi connectivity index (χ2v) is 7.25. The summed E-state index contributed by atoms with van der Waals surface area (Å²) in [5.41, 5.74) is 2.09. The van der Waals surface area contributed by atoms with Crippen molar-refractivity contribution >= 4 is 29.8 Å². The van der Waals surface area contributed by atoms with Crippen LogP contribution in [-0.4, -0.2) is 39.5 Å². The van der Waals surface area contributed by atoms with E-state index in [0.29, 0.717) is 28.4 Å². The summed E-state index contributed by atoms with van der Waals surface area (Å²) in [4.78, 5) is 12.6. The zero-order valence-corrected chi connectivity index (χ0v) is 19.8. The smallest absolute Gasteiger partial charge is 0.248 e. The van der Waals surface area contributed by atoms with Gasteiger partial charge in [-0.2, -0.15) is 0 Å². The monoisotopic (exact) mass is 479 g/mol. The van der Waals surface area contributed by atoms with Crippen LogP contribution >= 0.6 is 0 Å². The van der Waals surface area contributed by atoms with E-state index in [9.17, 15) is 14.3 Å². The standard InChI is InChI=1S/C27H26FNO6/c1-32-21-13-10-19(9-5-18-15-22(33-2)27(35-4)23(16-18)34-3)25(26(21)31)29-24(30)14-8-17-6-11-20(28)12-7-17/h5-16,31H,1-4H3,(H,29,30)/b9-5+,14-8+. The first-order valence-electron chi connectivity index (χ1n) is 10.5. The lowest BCUT2D eigenvalue weighted by Gasteiger charge is -2.14. The van der Waals surface area contributed by atoms with Gasteiger partial charge in [0.1, 0.15) is 5.82 Å². The van der Waals surface area contributed by atoms with E-state index in [2.05, 4.69) is 5.32 Å². The van der Waals surface area contributed by atoms with Gasteiger partial charge in [0.2, 0.25) is 11.7 Å². The Bertz CT molecular complexity index is 1230. The van der Waals surface area contributed by atoms with Gasteiger partial charge in [-0.25, -0.2) is 4.39 Å². The fourth-order valence-electron chi connectivity index (χ4n) is 3.32. The van der Waals surface area contributed by atoms with Crippen LogP contribution in [0.3, 0.4) is 0 Å². The molecule has 0 spiro atoms. The highest BCUT2D eigenvalue weighted by atomic mass is 19.1. The molecule has 7 nitrogen and oxygen atoms in total. The molecule has 0 saturated carbocycles. The SMILES string of the molecule is COc1ccc(/C=C/c2cc(OC)c(OC)c(OC)c2)c(NC(=O)/C=C/c2ccc(F)cc2)c1O. The Morgan fingerprint density at radius 2 is 1.43 bits per heavy atom. The van der Waals surface area contributed by atoms with E-state index in [0.717, 1.165) is 5.56 Å². The number of hydrogen-bond donors (Lipinski definition) is 2. The number of nitrogens with one attached hydrogen (secondary N) is 1. The zero-order valence-electron chi connectivity index (χ0n) is 19.8. The molecule has 0 aliphatic rings. The molecule has 3 aromatic carbocycles. The Hall–Kier alpha value is -4.46. The summed E-state index contributed by atoms with van der Waals surface area (Å²) in [5.74, 6) is 0.578. The number of aromatic hydroxyl groups is 1. The summed E-state index contributed by atoms with van der Waals surface area (Å²) < 4.78 is 34.4. The highest BCUT2D eigenvalue weighted by Crippen LogP contribution is 2.40. The van der Waals surface area contributed by atoms with Crippen molar-refractivity contribution in [1.82, 2.24) is 0 Å². The van der Waals surface area contributed by atoms with Crippen LogP contribution < -0.4 is 24.3 Å². The van der Waals surface area contributed by atoms with Crippen molar-refractivity contribution in [3.8, 4) is 28.7 Å². The van der Waals surface area contributed by atoms with Crippen molar-refractivity contribution in [1.29, 1.82) is 0 Å². The first kappa shape index (κ1) is 25.2. The van der Waals surface area contributed by atoms with E-state index in [1.54, 1.807) is 48.6 Å². The van der Waals surface area contributed by atoms with Crippen molar-refractivity contribution in [2.45, 2.75) is 0 Å². The van der Waals surface area contributed by atoms with Crippen LogP contribution in [0.5, 0.6) is 28.7 Å². The number of carbonyl (C=O) groups excluding carboxylic acids is 1. The Morgan fingerprint density at radius 3 is 2.00 bits per heavy atom. The Balaban J connectivity index is 1.92. The summed E-state index contributed by atoms with van der Waals surface area (Å²) in [6, 6.07) is 12.5. The Labute approximate surface area is 203 Å². The topological polar surface area (TPSA) is 86.3 Å². The minimum atomic E-state index is -0.486. The number of amides is 1. The van der Waals surface area contributed by atoms with E-state index in [-0.39, 0.29) is 23.0 Å². The average Bonchev–Trinajstić information content (AvgIpc) is 2.87. The molecule has 2 N–H and O–H groups in total. The van der Waals surface area contributed by atoms with Crippen LogP contribution in [-0.2, 0) is 4.79 Å². The molecule has 8 heteroatoms. The predicted octanol–water partition coefficient (Wildman–Crippen LogP) is 5.39. The second kappa shape index (κ2) is 11.6. The molecule has 0 radical (unpaired) electrons. The highest BCUT2D eigenvalue weighted by Gasteiger charge is 2.15. The number of carbonyl (C=O) groups is 1. The molecule has 35 heavy (non-hydrogen) atoms. The van der Waals surface area contributed by atoms with E-state index in [1.165, 1.54) is 52.7 Å². The van der Waals surface area contributed by atoms with Gasteiger partial charge in [0.15, 0.2) is 23.0 Å². The van der Waals surface area contributed by atoms with Gasteiger partial charge in [0, 0.05) is 11.6 Å². The van der Waals surface area contributed by atoms with Crippen molar-refractivity contribution in [2.75, 3.05) is 33.8 Å². The number of halogens is 1. The van der Waals surface area contributed by atoms with E-state index in [1.807, 2.05) is 0 Å². The normalized spacial score (nSPS) is 11.0. The molecular formula is C27H26FNO6. The predicted molar refractivity (Wildman–Crippen MR) is 134 cm³/mol. The largest absolute Gasteiger partial charge is 0.503 e. The van der Waals surface area contributed by atoms with Crippen LogP contribution in [0.4, 0.5) is 10.1 Å². The lowest BCUT2D eigenvalue weighted by molar-refractivity contribution is -0.111. The second-order valence-electron chi connectivity index (χ2n) is 7.25. The number of ether oxygens (including phenoxy) is 4. The number of anilines is 1. The highest BCUT2D eigenvalue weighted by molar-refractivity contribution is 6.04. The van der Waals surface area contributed by atoms with Gasteiger partial charge in [0.25, 0.3) is 0 Å². The fraction of sp³-hybridized carbons (Fsp3) is 0.148. The molecule has 0 unspecified atom stereocenters. The molecule has 1 amide bonds. The maximum Gasteiger partial charge on any atom is 0.248 e. The summed E-state index contributed by atoms with van der Waals surface area (Å²) in [7, 11) is 5.99. The quantitative estimate of drug-likeness (QED) is 0.243. The van der Waals surface area contributed by atoms with Crippen LogP contribution in [0, 0.1) is 5.82 Å². The summed E-state index contributed by atoms with van der Waals surface area (Å²) in [6.45, 7) is 0. The van der Waals surface area contributed by atoms with Crippen molar-refractivity contribution < 1.29 is 33.2 Å². The van der Waals surface area contributed by atoms with Gasteiger partial charge in [-0.1, -0.05) is 24.3 Å². The number of phenols is 1. The lowest BCUT2D eigenvalue weighted by atomic mass is 10.1. The van der Waals surface area contributed by atoms with Crippen LogP contribution in [0.1, 0.15) is 16.7 Å². The van der Waals surface area contributed by atoms with E-state index >= 15 is 0 Å². The van der Waals surface area contributed by atoms with E-state index < -0.39 is 5.91 Å². The Kier molecular flexibility index (Phi) is 8.34. The van der Waals surface area contributed by atoms with Crippen LogP contribution in [0.2, 0.25) is 0 Å². The minimum Gasteiger partial charge on any atom is -0.503 e. The fourth-order valence-corrected chi connectivity index (χ4v) is 3.32. The van der Waals surface area contributed by atoms with Gasteiger partial charge < -0.3 is 29.4 Å². The zero-order chi connectivity index (χ0) is 25.4. The van der Waals surface area contributed by atoms with Gasteiger partial charge in [-0.15, -0.1) is 0 Å². The molecule has 3 aromatic rings. The number of methoxy groups -OCH3 is 4. The molecular weight excluding hydrogens is 453 g/mol. The number of benzene rings is 3. The third-order valence-electron chi connectivity index (χ3n) is 5.08. The maximum atomic E-state index is 13.1. The minimum absolute atomic E-state index is 0.168. The first-order valence-corrected chi connectivity index (χ1v) is 10.5. The maximum absolute atomic E-state index is 13.1. The van der Waals surface area contributed by atoms with Gasteiger partial charge in [0.05, 0.1) is 34.1 Å². The first-order chi connectivity index (χ1) is 16.9. The van der Waals surface area contributed by atoms with Crippen LogP contribution in [0.15, 0.2) is 54.6 Å². The summed E-state index contributed by atoms with van der Waals surface area (Å²) >= 11 is 0. The average molecular weight is 480 g/mol. The van der Waals surface area contributed by atoms with Crippen molar-refractivity contribution in [2.24, 2.45) is 0 Å². The third-order valence-corrected chi connectivity index (χ3v) is 5.08. The summed E-state index contributed by atoms with van der Waals surface area (Å²) in [6.07, 6.45) is 6.32. The van der Waals surface area contributed by atoms with E-state index in [4.69, 9.17) is 18.9 Å². The number of hydrogen-bond acceptors (Lipinski definition) is 6. The Morgan fingerprint density at radius 1 is 0.800 bits per heavy atom. The molecule has 0 heterocycles.